The van der Waals surface area contributed by atoms with Crippen LogP contribution in [-0.2, 0) is 28.0 Å². The van der Waals surface area contributed by atoms with Gasteiger partial charge >= 0.3 is 0 Å². The topological polar surface area (TPSA) is 109 Å². The Bertz CT molecular complexity index is 2050. The lowest BCUT2D eigenvalue weighted by Crippen LogP contribution is -2.59. The van der Waals surface area contributed by atoms with Crippen molar-refractivity contribution in [3.8, 4) is 5.75 Å². The summed E-state index contributed by atoms with van der Waals surface area (Å²) in [5, 5.41) is 2.54. The van der Waals surface area contributed by atoms with E-state index in [4.69, 9.17) is 4.74 Å². The molecule has 1 atom stereocenters. The first-order valence-corrected chi connectivity index (χ1v) is 18.2. The summed E-state index contributed by atoms with van der Waals surface area (Å²) < 4.78 is 105. The highest BCUT2D eigenvalue weighted by atomic mass is 32.2. The van der Waals surface area contributed by atoms with Crippen LogP contribution >= 0.6 is 0 Å². The molecule has 1 aliphatic carbocycles. The second-order valence-electron chi connectivity index (χ2n) is 12.7. The summed E-state index contributed by atoms with van der Waals surface area (Å²) in [6, 6.07) is 15.5. The van der Waals surface area contributed by atoms with Crippen LogP contribution in [-0.4, -0.2) is 49.2 Å². The van der Waals surface area contributed by atoms with Crippen molar-refractivity contribution in [2.45, 2.75) is 68.5 Å². The number of carbonyl (C=O) groups is 2. The van der Waals surface area contributed by atoms with Crippen molar-refractivity contribution in [2.75, 3.05) is 18.5 Å². The van der Waals surface area contributed by atoms with Gasteiger partial charge in [0.05, 0.1) is 17.8 Å². The van der Waals surface area contributed by atoms with Gasteiger partial charge in [0, 0.05) is 31.5 Å². The van der Waals surface area contributed by atoms with Crippen LogP contribution in [0.5, 0.6) is 5.75 Å². The average molecular weight is 743 g/mol. The van der Waals surface area contributed by atoms with E-state index in [1.807, 2.05) is 36.4 Å². The third kappa shape index (κ3) is 7.24. The molecule has 6 rings (SSSR count). The Hall–Kier alpha value is -4.89. The number of aromatic nitrogens is 1. The maximum Gasteiger partial charge on any atom is 0.254 e. The number of nitrogens with zero attached hydrogens (tertiary/aromatic N) is 3. The summed E-state index contributed by atoms with van der Waals surface area (Å²) in [7, 11) is -3.96. The van der Waals surface area contributed by atoms with Crippen LogP contribution < -0.4 is 15.0 Å². The van der Waals surface area contributed by atoms with Gasteiger partial charge in [0.2, 0.25) is 21.7 Å². The molecule has 52 heavy (non-hydrogen) atoms. The number of benzene rings is 3. The van der Waals surface area contributed by atoms with Crippen molar-refractivity contribution in [1.29, 1.82) is 0 Å². The highest BCUT2D eigenvalue weighted by Gasteiger charge is 2.48. The Morgan fingerprint density at radius 3 is 2.15 bits per heavy atom. The second-order valence-corrected chi connectivity index (χ2v) is 14.5. The van der Waals surface area contributed by atoms with Crippen molar-refractivity contribution < 1.29 is 44.7 Å². The van der Waals surface area contributed by atoms with E-state index in [-0.39, 0.29) is 36.6 Å². The third-order valence-corrected chi connectivity index (χ3v) is 11.4. The smallest absolute Gasteiger partial charge is 0.254 e. The quantitative estimate of drug-likeness (QED) is 0.103. The Balaban J connectivity index is 1.37. The molecule has 15 heteroatoms. The fraction of sp³-hybridized carbons (Fsp3) is 0.324. The molecule has 0 spiro atoms. The molecule has 4 aromatic rings. The normalized spacial score (nSPS) is 16.6. The number of amides is 2. The number of nitrogens with one attached hydrogen (secondary N) is 1. The summed E-state index contributed by atoms with van der Waals surface area (Å²) in [5.74, 6) is -13.3. The van der Waals surface area contributed by atoms with Crippen LogP contribution in [0.2, 0.25) is 0 Å². The number of sulfonamides is 1. The molecule has 0 radical (unpaired) electrons. The molecule has 274 valence electrons. The third-order valence-electron chi connectivity index (χ3n) is 9.49. The Kier molecular flexibility index (Phi) is 10.9. The number of rotatable bonds is 11. The van der Waals surface area contributed by atoms with Gasteiger partial charge in [-0.05, 0) is 54.5 Å². The van der Waals surface area contributed by atoms with Crippen LogP contribution in [0.3, 0.4) is 0 Å². The predicted molar refractivity (Wildman–Crippen MR) is 180 cm³/mol. The molecule has 1 saturated heterocycles. The minimum absolute atomic E-state index is 0.0585. The zero-order valence-corrected chi connectivity index (χ0v) is 28.9. The number of hydrogen-bond donors (Lipinski definition) is 1. The summed E-state index contributed by atoms with van der Waals surface area (Å²) in [6.07, 6.45) is 7.08. The van der Waals surface area contributed by atoms with Gasteiger partial charge < -0.3 is 15.0 Å². The summed E-state index contributed by atoms with van der Waals surface area (Å²) in [4.78, 5) is 30.9. The van der Waals surface area contributed by atoms with Crippen LogP contribution in [0.1, 0.15) is 71.6 Å². The molecule has 2 fully saturated rings. The van der Waals surface area contributed by atoms with Crippen LogP contribution in [0.4, 0.5) is 27.6 Å². The van der Waals surface area contributed by atoms with E-state index in [0.717, 1.165) is 36.8 Å². The number of pyridine rings is 1. The minimum Gasteiger partial charge on any atom is -0.488 e. The van der Waals surface area contributed by atoms with Gasteiger partial charge in [0.1, 0.15) is 18.4 Å². The Labute approximate surface area is 297 Å². The number of ether oxygens (including phenoxy) is 1. The van der Waals surface area contributed by atoms with Crippen molar-refractivity contribution in [3.05, 3.63) is 118 Å². The highest BCUT2D eigenvalue weighted by Crippen LogP contribution is 2.37. The lowest BCUT2D eigenvalue weighted by atomic mass is 9.85. The molecule has 1 N–H and O–H groups in total. The Morgan fingerprint density at radius 2 is 1.56 bits per heavy atom. The van der Waals surface area contributed by atoms with E-state index in [1.165, 1.54) is 36.6 Å². The first-order valence-electron chi connectivity index (χ1n) is 16.7. The van der Waals surface area contributed by atoms with E-state index >= 15 is 0 Å². The van der Waals surface area contributed by atoms with E-state index in [0.29, 0.717) is 15.9 Å². The first kappa shape index (κ1) is 36.9. The van der Waals surface area contributed by atoms with E-state index in [9.17, 15) is 40.0 Å². The number of hydrogen-bond acceptors (Lipinski definition) is 6. The highest BCUT2D eigenvalue weighted by molar-refractivity contribution is 7.89. The Morgan fingerprint density at radius 1 is 0.885 bits per heavy atom. The molecule has 2 heterocycles. The van der Waals surface area contributed by atoms with E-state index in [2.05, 4.69) is 10.3 Å². The zero-order valence-electron chi connectivity index (χ0n) is 28.1. The first-order chi connectivity index (χ1) is 24.9. The number of carbonyl (C=O) groups excluding carboxylic acids is 2. The van der Waals surface area contributed by atoms with Crippen molar-refractivity contribution in [3.63, 3.8) is 0 Å². The predicted octanol–water partition coefficient (Wildman–Crippen LogP) is 6.76. The lowest BCUT2D eigenvalue weighted by Gasteiger charge is -2.41. The molecular weight excluding hydrogens is 707 g/mol. The molecule has 1 aliphatic heterocycles. The molecule has 2 amide bonds. The van der Waals surface area contributed by atoms with Gasteiger partial charge in [-0.2, -0.15) is 4.31 Å². The maximum atomic E-state index is 14.7. The minimum atomic E-state index is -5.40. The molecule has 0 bridgehead atoms. The maximum absolute atomic E-state index is 14.7. The zero-order chi connectivity index (χ0) is 37.2. The molecule has 2 aliphatic rings. The lowest BCUT2D eigenvalue weighted by molar-refractivity contribution is -0.125. The van der Waals surface area contributed by atoms with Crippen LogP contribution in [0, 0.1) is 29.1 Å². The summed E-state index contributed by atoms with van der Waals surface area (Å²) in [6.45, 7) is -0.571. The number of halogens is 5. The SMILES string of the molecule is CNC(=O)c1ccc(N(Cc2ccc(C3CCCCC3)cn2)C(=O)C2CCN2S(=O)(=O)c2c(F)c(F)c(F)c(F)c2F)cc1OCc1ccccc1. The van der Waals surface area contributed by atoms with Gasteiger partial charge in [-0.15, -0.1) is 0 Å². The van der Waals surface area contributed by atoms with Gasteiger partial charge in [-0.3, -0.25) is 14.6 Å². The fourth-order valence-corrected chi connectivity index (χ4v) is 8.27. The fourth-order valence-electron chi connectivity index (χ4n) is 6.53. The van der Waals surface area contributed by atoms with Crippen LogP contribution in [0.25, 0.3) is 0 Å². The monoisotopic (exact) mass is 742 g/mol. The van der Waals surface area contributed by atoms with Crippen LogP contribution in [0.15, 0.2) is 71.8 Å². The average Bonchev–Trinajstić information content (AvgIpc) is 3.14. The van der Waals surface area contributed by atoms with Gasteiger partial charge in [0.25, 0.3) is 5.91 Å². The van der Waals surface area contributed by atoms with E-state index < -0.39 is 68.4 Å². The summed E-state index contributed by atoms with van der Waals surface area (Å²) >= 11 is 0. The standard InChI is InChI=1S/C37H35F5N4O5S/c1-43-36(47)27-15-14-26(18-29(27)51-21-22-8-4-2-5-9-22)45(20-25-13-12-24(19-44-25)23-10-6-3-7-11-23)37(48)28-16-17-46(28)52(49,50)35-33(41)31(39)30(38)32(40)34(35)42/h2,4-5,8-9,12-15,18-19,23,28H,3,6-7,10-11,16-17,20-21H2,1H3,(H,43,47). The summed E-state index contributed by atoms with van der Waals surface area (Å²) in [5.41, 5.74) is 2.56. The van der Waals surface area contributed by atoms with Crippen molar-refractivity contribution >= 4 is 27.5 Å². The second kappa shape index (κ2) is 15.4. The molecular formula is C37H35F5N4O5S. The molecule has 3 aromatic carbocycles. The largest absolute Gasteiger partial charge is 0.488 e. The van der Waals surface area contributed by atoms with Crippen molar-refractivity contribution in [1.82, 2.24) is 14.6 Å². The molecule has 1 aromatic heterocycles. The molecule has 1 unspecified atom stereocenters. The number of anilines is 1. The molecule has 9 nitrogen and oxygen atoms in total. The van der Waals surface area contributed by atoms with Gasteiger partial charge in [0.15, 0.2) is 28.2 Å². The molecule has 1 saturated carbocycles. The van der Waals surface area contributed by atoms with Gasteiger partial charge in [-0.1, -0.05) is 55.7 Å². The van der Waals surface area contributed by atoms with Gasteiger partial charge in [-0.25, -0.2) is 30.4 Å². The van der Waals surface area contributed by atoms with Crippen molar-refractivity contribution in [2.24, 2.45) is 0 Å². The van der Waals surface area contributed by atoms with E-state index in [1.54, 1.807) is 12.3 Å².